The summed E-state index contributed by atoms with van der Waals surface area (Å²) < 4.78 is 34.6. The molecule has 0 radical (unpaired) electrons. The minimum Gasteiger partial charge on any atom is -0.492 e. The molecule has 0 aliphatic rings. The molecule has 0 heterocycles. The molecule has 0 fully saturated rings. The van der Waals surface area contributed by atoms with Crippen molar-refractivity contribution < 1.29 is 22.7 Å². The topological polar surface area (TPSA) is 96.0 Å². The fourth-order valence-electron chi connectivity index (χ4n) is 3.97. The van der Waals surface area contributed by atoms with Gasteiger partial charge in [-0.2, -0.15) is 0 Å². The van der Waals surface area contributed by atoms with Gasteiger partial charge in [0.15, 0.2) is 0 Å². The Labute approximate surface area is 235 Å². The zero-order chi connectivity index (χ0) is 28.6. The molecule has 1 atom stereocenters. The summed E-state index contributed by atoms with van der Waals surface area (Å²) in [6.45, 7) is 6.79. The number of nitrogens with zero attached hydrogens (tertiary/aromatic N) is 2. The molecule has 0 bridgehead atoms. The van der Waals surface area contributed by atoms with Gasteiger partial charge in [-0.05, 0) is 63.6 Å². The fourth-order valence-corrected chi connectivity index (χ4v) is 5.61. The summed E-state index contributed by atoms with van der Waals surface area (Å²) in [6, 6.07) is 20.5. The largest absolute Gasteiger partial charge is 0.492 e. The van der Waals surface area contributed by atoms with Crippen molar-refractivity contribution in [3.8, 4) is 5.75 Å². The predicted molar refractivity (Wildman–Crippen MR) is 153 cm³/mol. The van der Waals surface area contributed by atoms with E-state index in [1.165, 1.54) is 17.0 Å². The van der Waals surface area contributed by atoms with Crippen LogP contribution in [-0.2, 0) is 26.2 Å². The van der Waals surface area contributed by atoms with E-state index in [0.717, 1.165) is 4.31 Å². The lowest BCUT2D eigenvalue weighted by Gasteiger charge is -2.32. The summed E-state index contributed by atoms with van der Waals surface area (Å²) >= 11 is 6.39. The molecule has 0 unspecified atom stereocenters. The molecule has 3 aromatic carbocycles. The number of sulfonamides is 1. The highest BCUT2D eigenvalue weighted by atomic mass is 35.5. The Kier molecular flexibility index (Phi) is 10.4. The second-order valence-electron chi connectivity index (χ2n) is 9.18. The Balaban J connectivity index is 2.08. The molecular formula is C29H34ClN3O5S. The number of carbonyl (C=O) groups excluding carboxylic acids is 2. The van der Waals surface area contributed by atoms with Gasteiger partial charge in [0.05, 0.1) is 17.2 Å². The molecular weight excluding hydrogens is 538 g/mol. The molecule has 3 aromatic rings. The van der Waals surface area contributed by atoms with Gasteiger partial charge < -0.3 is 15.0 Å². The third-order valence-corrected chi connectivity index (χ3v) is 8.08. The Hall–Kier alpha value is -3.56. The summed E-state index contributed by atoms with van der Waals surface area (Å²) in [6.07, 6.45) is 0. The Bertz CT molecular complexity index is 1380. The second kappa shape index (κ2) is 13.5. The number of hydrogen-bond donors (Lipinski definition) is 1. The smallest absolute Gasteiger partial charge is 0.264 e. The molecule has 1 N–H and O–H groups in total. The van der Waals surface area contributed by atoms with Crippen molar-refractivity contribution in [3.63, 3.8) is 0 Å². The molecule has 0 aromatic heterocycles. The first-order chi connectivity index (χ1) is 18.6. The second-order valence-corrected chi connectivity index (χ2v) is 11.4. The molecule has 0 aliphatic heterocycles. The third kappa shape index (κ3) is 7.52. The average Bonchev–Trinajstić information content (AvgIpc) is 2.91. The SMILES string of the molecule is CCOc1ccccc1N(CC(=O)N(Cc1ccccc1Cl)[C@H](C)C(=O)NC(C)C)S(=O)(=O)c1ccccc1. The number of ether oxygens (including phenoxy) is 1. The molecule has 0 spiro atoms. The van der Waals surface area contributed by atoms with Crippen LogP contribution in [0.5, 0.6) is 5.75 Å². The number of benzene rings is 3. The number of nitrogens with one attached hydrogen (secondary N) is 1. The molecule has 208 valence electrons. The fraction of sp³-hybridized carbons (Fsp3) is 0.310. The number of anilines is 1. The van der Waals surface area contributed by atoms with Crippen LogP contribution in [0, 0.1) is 0 Å². The van der Waals surface area contributed by atoms with Crippen molar-refractivity contribution in [1.29, 1.82) is 0 Å². The van der Waals surface area contributed by atoms with Gasteiger partial charge in [-0.3, -0.25) is 13.9 Å². The normalized spacial score (nSPS) is 12.1. The van der Waals surface area contributed by atoms with E-state index < -0.39 is 28.5 Å². The maximum absolute atomic E-state index is 14.0. The number of rotatable bonds is 12. The molecule has 39 heavy (non-hydrogen) atoms. The number of para-hydroxylation sites is 2. The Morgan fingerprint density at radius 3 is 2.18 bits per heavy atom. The van der Waals surface area contributed by atoms with Crippen LogP contribution in [0.1, 0.15) is 33.3 Å². The van der Waals surface area contributed by atoms with Crippen LogP contribution < -0.4 is 14.4 Å². The standard InChI is InChI=1S/C29H34ClN3O5S/c1-5-38-27-18-12-11-17-26(27)33(39(36,37)24-14-7-6-8-15-24)20-28(34)32(22(4)29(35)31-21(2)3)19-23-13-9-10-16-25(23)30/h6-18,21-22H,5,19-20H2,1-4H3,(H,31,35)/t22-/m1/s1. The van der Waals surface area contributed by atoms with Crippen LogP contribution in [0.3, 0.4) is 0 Å². The van der Waals surface area contributed by atoms with Gasteiger partial charge in [0.2, 0.25) is 11.8 Å². The minimum absolute atomic E-state index is 0.0114. The van der Waals surface area contributed by atoms with Gasteiger partial charge in [0.1, 0.15) is 18.3 Å². The number of amides is 2. The van der Waals surface area contributed by atoms with Crippen molar-refractivity contribution in [3.05, 3.63) is 89.4 Å². The summed E-state index contributed by atoms with van der Waals surface area (Å²) in [5.41, 5.74) is 0.845. The van der Waals surface area contributed by atoms with Gasteiger partial charge in [-0.15, -0.1) is 0 Å². The first-order valence-corrected chi connectivity index (χ1v) is 14.5. The van der Waals surface area contributed by atoms with E-state index in [1.807, 2.05) is 13.8 Å². The zero-order valence-electron chi connectivity index (χ0n) is 22.5. The van der Waals surface area contributed by atoms with E-state index in [9.17, 15) is 18.0 Å². The Morgan fingerprint density at radius 1 is 0.923 bits per heavy atom. The first-order valence-electron chi connectivity index (χ1n) is 12.7. The number of hydrogen-bond acceptors (Lipinski definition) is 5. The molecule has 8 nitrogen and oxygen atoms in total. The summed E-state index contributed by atoms with van der Waals surface area (Å²) in [5.74, 6) is -0.625. The van der Waals surface area contributed by atoms with E-state index in [-0.39, 0.29) is 29.1 Å². The minimum atomic E-state index is -4.19. The van der Waals surface area contributed by atoms with Crippen molar-refractivity contribution in [2.45, 2.75) is 51.2 Å². The average molecular weight is 572 g/mol. The quantitative estimate of drug-likeness (QED) is 0.334. The third-order valence-electron chi connectivity index (χ3n) is 5.94. The van der Waals surface area contributed by atoms with Crippen molar-refractivity contribution >= 4 is 39.1 Å². The maximum Gasteiger partial charge on any atom is 0.264 e. The zero-order valence-corrected chi connectivity index (χ0v) is 24.1. The van der Waals surface area contributed by atoms with Gasteiger partial charge >= 0.3 is 0 Å². The number of halogens is 1. The van der Waals surface area contributed by atoms with Crippen LogP contribution in [0.4, 0.5) is 5.69 Å². The van der Waals surface area contributed by atoms with Crippen molar-refractivity contribution in [1.82, 2.24) is 10.2 Å². The van der Waals surface area contributed by atoms with E-state index in [0.29, 0.717) is 22.9 Å². The lowest BCUT2D eigenvalue weighted by molar-refractivity contribution is -0.139. The predicted octanol–water partition coefficient (Wildman–Crippen LogP) is 4.88. The first kappa shape index (κ1) is 30.0. The summed E-state index contributed by atoms with van der Waals surface area (Å²) in [7, 11) is -4.19. The van der Waals surface area contributed by atoms with Crippen LogP contribution in [0.15, 0.2) is 83.8 Å². The molecule has 3 rings (SSSR count). The van der Waals surface area contributed by atoms with E-state index >= 15 is 0 Å². The lowest BCUT2D eigenvalue weighted by Crippen LogP contribution is -2.52. The summed E-state index contributed by atoms with van der Waals surface area (Å²) in [4.78, 5) is 28.3. The van der Waals surface area contributed by atoms with Crippen molar-refractivity contribution in [2.24, 2.45) is 0 Å². The molecule has 0 aliphatic carbocycles. The Morgan fingerprint density at radius 2 is 1.54 bits per heavy atom. The van der Waals surface area contributed by atoms with E-state index in [1.54, 1.807) is 80.6 Å². The number of carbonyl (C=O) groups is 2. The van der Waals surface area contributed by atoms with Gasteiger partial charge in [-0.1, -0.05) is 60.1 Å². The van der Waals surface area contributed by atoms with Crippen LogP contribution >= 0.6 is 11.6 Å². The summed E-state index contributed by atoms with van der Waals surface area (Å²) in [5, 5.41) is 3.26. The molecule has 2 amide bonds. The van der Waals surface area contributed by atoms with Gasteiger partial charge in [0, 0.05) is 17.6 Å². The highest BCUT2D eigenvalue weighted by Gasteiger charge is 2.34. The van der Waals surface area contributed by atoms with Crippen LogP contribution in [0.25, 0.3) is 0 Å². The van der Waals surface area contributed by atoms with Gasteiger partial charge in [-0.25, -0.2) is 8.42 Å². The highest BCUT2D eigenvalue weighted by molar-refractivity contribution is 7.92. The highest BCUT2D eigenvalue weighted by Crippen LogP contribution is 2.33. The molecule has 0 saturated heterocycles. The molecule has 0 saturated carbocycles. The van der Waals surface area contributed by atoms with Crippen molar-refractivity contribution in [2.75, 3.05) is 17.5 Å². The van der Waals surface area contributed by atoms with Crippen LogP contribution in [-0.4, -0.2) is 50.4 Å². The van der Waals surface area contributed by atoms with E-state index in [2.05, 4.69) is 5.32 Å². The maximum atomic E-state index is 14.0. The molecule has 10 heteroatoms. The monoisotopic (exact) mass is 571 g/mol. The lowest BCUT2D eigenvalue weighted by atomic mass is 10.1. The van der Waals surface area contributed by atoms with E-state index in [4.69, 9.17) is 16.3 Å². The van der Waals surface area contributed by atoms with Crippen LogP contribution in [0.2, 0.25) is 5.02 Å². The van der Waals surface area contributed by atoms with Gasteiger partial charge in [0.25, 0.3) is 10.0 Å².